The van der Waals surface area contributed by atoms with Crippen LogP contribution in [0.3, 0.4) is 0 Å². The Morgan fingerprint density at radius 3 is 2.06 bits per heavy atom. The van der Waals surface area contributed by atoms with Crippen molar-refractivity contribution in [1.29, 1.82) is 0 Å². The average Bonchev–Trinajstić information content (AvgIpc) is 2.76. The van der Waals surface area contributed by atoms with Crippen molar-refractivity contribution in [2.24, 2.45) is 0 Å². The first-order valence-corrected chi connectivity index (χ1v) is 13.1. The number of carbonyl (C=O) groups excluding carboxylic acids is 1. The molecule has 0 spiro atoms. The van der Waals surface area contributed by atoms with Crippen molar-refractivity contribution in [2.45, 2.75) is 104 Å². The van der Waals surface area contributed by atoms with Gasteiger partial charge in [-0.1, -0.05) is 104 Å². The quantitative estimate of drug-likeness (QED) is 0.253. The highest BCUT2D eigenvalue weighted by atomic mass is 16.3. The van der Waals surface area contributed by atoms with E-state index in [0.717, 1.165) is 40.8 Å². The van der Waals surface area contributed by atoms with Gasteiger partial charge in [0, 0.05) is 25.3 Å². The number of urea groups is 1. The van der Waals surface area contributed by atoms with Gasteiger partial charge in [0.1, 0.15) is 5.75 Å². The van der Waals surface area contributed by atoms with Crippen LogP contribution in [-0.4, -0.2) is 17.7 Å². The molecule has 0 heterocycles. The Hall–Kier alpha value is -2.53. The lowest BCUT2D eigenvalue weighted by Crippen LogP contribution is -2.30. The summed E-state index contributed by atoms with van der Waals surface area (Å²) in [6.45, 7) is 17.0. The number of para-hydroxylation sites is 1. The Labute approximate surface area is 213 Å². The van der Waals surface area contributed by atoms with Crippen LogP contribution >= 0.6 is 0 Å². The van der Waals surface area contributed by atoms with Gasteiger partial charge in [0.15, 0.2) is 0 Å². The van der Waals surface area contributed by atoms with Crippen LogP contribution in [0.1, 0.15) is 103 Å². The van der Waals surface area contributed by atoms with Gasteiger partial charge in [0.2, 0.25) is 0 Å². The fourth-order valence-corrected chi connectivity index (χ4v) is 4.17. The second-order valence-electron chi connectivity index (χ2n) is 11.6. The number of hydrogen-bond donors (Lipinski definition) is 4. The van der Waals surface area contributed by atoms with E-state index in [0.29, 0.717) is 25.4 Å². The zero-order valence-electron chi connectivity index (χ0n) is 23.0. The van der Waals surface area contributed by atoms with Gasteiger partial charge in [-0.3, -0.25) is 0 Å². The molecular formula is C30H47N3O2. The number of rotatable bonds is 11. The number of aromatic hydroxyl groups is 1. The second kappa shape index (κ2) is 13.0. The fourth-order valence-electron chi connectivity index (χ4n) is 4.17. The van der Waals surface area contributed by atoms with Crippen molar-refractivity contribution in [3.05, 3.63) is 58.7 Å². The van der Waals surface area contributed by atoms with Crippen molar-refractivity contribution in [3.63, 3.8) is 0 Å². The highest BCUT2D eigenvalue weighted by Gasteiger charge is 2.26. The van der Waals surface area contributed by atoms with Crippen LogP contribution in [0, 0.1) is 0 Å². The molecule has 0 radical (unpaired) electrons. The minimum atomic E-state index is -0.156. The molecule has 0 unspecified atom stereocenters. The van der Waals surface area contributed by atoms with Crippen LogP contribution in [0.2, 0.25) is 0 Å². The Balaban J connectivity index is 2.01. The molecule has 35 heavy (non-hydrogen) atoms. The fraction of sp³-hybridized carbons (Fsp3) is 0.567. The van der Waals surface area contributed by atoms with Crippen molar-refractivity contribution in [3.8, 4) is 5.75 Å². The molecule has 0 aliphatic heterocycles. The molecule has 0 aliphatic carbocycles. The second-order valence-corrected chi connectivity index (χ2v) is 11.6. The van der Waals surface area contributed by atoms with Crippen molar-refractivity contribution < 1.29 is 9.90 Å². The molecule has 0 saturated heterocycles. The first-order chi connectivity index (χ1) is 16.4. The third-order valence-corrected chi connectivity index (χ3v) is 6.26. The molecule has 0 aromatic heterocycles. The van der Waals surface area contributed by atoms with Gasteiger partial charge >= 0.3 is 6.03 Å². The Kier molecular flexibility index (Phi) is 10.6. The summed E-state index contributed by atoms with van der Waals surface area (Å²) in [6.07, 6.45) is 5.87. The van der Waals surface area contributed by atoms with Gasteiger partial charge in [0.05, 0.1) is 0 Å². The van der Waals surface area contributed by atoms with Crippen LogP contribution in [0.4, 0.5) is 10.5 Å². The molecule has 0 saturated carbocycles. The first-order valence-electron chi connectivity index (χ1n) is 13.1. The number of phenols is 1. The predicted molar refractivity (Wildman–Crippen MR) is 148 cm³/mol. The summed E-state index contributed by atoms with van der Waals surface area (Å²) in [5.41, 5.74) is 4.63. The summed E-state index contributed by atoms with van der Waals surface area (Å²) >= 11 is 0. The Morgan fingerprint density at radius 1 is 0.857 bits per heavy atom. The summed E-state index contributed by atoms with van der Waals surface area (Å²) in [5, 5.41) is 20.5. The smallest absolute Gasteiger partial charge is 0.319 e. The number of carbonyl (C=O) groups is 1. The minimum Gasteiger partial charge on any atom is -0.507 e. The normalized spacial score (nSPS) is 12.0. The molecule has 2 aromatic rings. The van der Waals surface area contributed by atoms with Crippen LogP contribution in [0.15, 0.2) is 36.4 Å². The highest BCUT2D eigenvalue weighted by Crippen LogP contribution is 2.39. The molecule has 0 atom stereocenters. The average molecular weight is 482 g/mol. The number of unbranched alkanes of at least 4 members (excludes halogenated alkanes) is 4. The van der Waals surface area contributed by atoms with E-state index >= 15 is 0 Å². The summed E-state index contributed by atoms with van der Waals surface area (Å²) in [7, 11) is 0. The van der Waals surface area contributed by atoms with Crippen LogP contribution in [0.5, 0.6) is 5.75 Å². The van der Waals surface area contributed by atoms with Gasteiger partial charge in [-0.05, 0) is 45.6 Å². The standard InChI is InChI=1S/C30H47N3O2/c1-8-9-10-11-14-17-32-28(35)33-26-16-13-12-15-23(26)21-31-20-22-18-24(29(2,3)4)27(34)25(19-22)30(5,6)7/h12-13,15-16,18-19,31,34H,8-11,14,17,20-21H2,1-7H3,(H2,32,33,35). The van der Waals surface area contributed by atoms with E-state index < -0.39 is 0 Å². The number of amides is 2. The zero-order chi connectivity index (χ0) is 26.1. The monoisotopic (exact) mass is 481 g/mol. The number of nitrogens with one attached hydrogen (secondary N) is 3. The third kappa shape index (κ3) is 9.21. The van der Waals surface area contributed by atoms with E-state index in [4.69, 9.17) is 0 Å². The van der Waals surface area contributed by atoms with E-state index in [-0.39, 0.29) is 16.9 Å². The van der Waals surface area contributed by atoms with Gasteiger partial charge in [-0.25, -0.2) is 4.79 Å². The summed E-state index contributed by atoms with van der Waals surface area (Å²) < 4.78 is 0. The Bertz CT molecular complexity index is 920. The highest BCUT2D eigenvalue weighted by molar-refractivity contribution is 5.90. The first kappa shape index (κ1) is 28.7. The maximum atomic E-state index is 12.4. The largest absolute Gasteiger partial charge is 0.507 e. The van der Waals surface area contributed by atoms with E-state index in [2.05, 4.69) is 76.5 Å². The molecule has 2 aromatic carbocycles. The van der Waals surface area contributed by atoms with Crippen molar-refractivity contribution in [2.75, 3.05) is 11.9 Å². The van der Waals surface area contributed by atoms with E-state index in [1.54, 1.807) is 0 Å². The van der Waals surface area contributed by atoms with E-state index in [1.807, 2.05) is 24.3 Å². The molecule has 0 bridgehead atoms. The van der Waals surface area contributed by atoms with Gasteiger partial charge < -0.3 is 21.1 Å². The van der Waals surface area contributed by atoms with Gasteiger partial charge in [-0.15, -0.1) is 0 Å². The topological polar surface area (TPSA) is 73.4 Å². The third-order valence-electron chi connectivity index (χ3n) is 6.26. The number of benzene rings is 2. The van der Waals surface area contributed by atoms with Gasteiger partial charge in [0.25, 0.3) is 0 Å². The molecule has 2 amide bonds. The zero-order valence-corrected chi connectivity index (χ0v) is 23.0. The maximum Gasteiger partial charge on any atom is 0.319 e. The summed E-state index contributed by atoms with van der Waals surface area (Å²) in [4.78, 5) is 12.4. The molecule has 194 valence electrons. The predicted octanol–water partition coefficient (Wildman–Crippen LogP) is 7.37. The van der Waals surface area contributed by atoms with Crippen molar-refractivity contribution >= 4 is 11.7 Å². The SMILES string of the molecule is CCCCCCCNC(=O)Nc1ccccc1CNCc1cc(C(C)(C)C)c(O)c(C(C)(C)C)c1. The molecule has 5 nitrogen and oxygen atoms in total. The van der Waals surface area contributed by atoms with E-state index in [1.165, 1.54) is 19.3 Å². The van der Waals surface area contributed by atoms with Crippen LogP contribution in [0.25, 0.3) is 0 Å². The molecule has 0 aliphatic rings. The number of phenolic OH excluding ortho intramolecular Hbond substituents is 1. The van der Waals surface area contributed by atoms with Crippen LogP contribution < -0.4 is 16.0 Å². The Morgan fingerprint density at radius 2 is 1.46 bits per heavy atom. The lowest BCUT2D eigenvalue weighted by atomic mass is 9.78. The van der Waals surface area contributed by atoms with E-state index in [9.17, 15) is 9.90 Å². The maximum absolute atomic E-state index is 12.4. The lowest BCUT2D eigenvalue weighted by Gasteiger charge is -2.28. The summed E-state index contributed by atoms with van der Waals surface area (Å²) in [6, 6.07) is 12.0. The molecule has 4 N–H and O–H groups in total. The molecule has 0 fully saturated rings. The van der Waals surface area contributed by atoms with Crippen molar-refractivity contribution in [1.82, 2.24) is 10.6 Å². The lowest BCUT2D eigenvalue weighted by molar-refractivity contribution is 0.252. The van der Waals surface area contributed by atoms with Gasteiger partial charge in [-0.2, -0.15) is 0 Å². The number of hydrogen-bond acceptors (Lipinski definition) is 3. The molecular weight excluding hydrogens is 434 g/mol. The number of anilines is 1. The summed E-state index contributed by atoms with van der Waals surface area (Å²) in [5.74, 6) is 0.402. The molecule has 2 rings (SSSR count). The van der Waals surface area contributed by atoms with Crippen LogP contribution in [-0.2, 0) is 23.9 Å². The minimum absolute atomic E-state index is 0.153. The molecule has 5 heteroatoms.